The SMILES string of the molecule is CCC(N)c1cccc(Cl)c1OC.Cl. The molecule has 0 heterocycles. The van der Waals surface area contributed by atoms with E-state index in [4.69, 9.17) is 22.1 Å². The summed E-state index contributed by atoms with van der Waals surface area (Å²) in [6.07, 6.45) is 0.872. The Labute approximate surface area is 95.8 Å². The predicted molar refractivity (Wildman–Crippen MR) is 62.5 cm³/mol. The summed E-state index contributed by atoms with van der Waals surface area (Å²) in [4.78, 5) is 0. The van der Waals surface area contributed by atoms with Crippen molar-refractivity contribution in [1.29, 1.82) is 0 Å². The lowest BCUT2D eigenvalue weighted by molar-refractivity contribution is 0.405. The van der Waals surface area contributed by atoms with Crippen molar-refractivity contribution in [3.05, 3.63) is 28.8 Å². The fourth-order valence-corrected chi connectivity index (χ4v) is 1.51. The molecule has 0 amide bonds. The number of hydrogen-bond donors (Lipinski definition) is 1. The van der Waals surface area contributed by atoms with Crippen molar-refractivity contribution in [3.8, 4) is 5.75 Å². The third-order valence-electron chi connectivity index (χ3n) is 2.04. The lowest BCUT2D eigenvalue weighted by Crippen LogP contribution is -2.10. The first-order valence-corrected chi connectivity index (χ1v) is 4.66. The van der Waals surface area contributed by atoms with E-state index in [1.807, 2.05) is 19.1 Å². The molecule has 0 saturated carbocycles. The molecule has 0 aliphatic carbocycles. The van der Waals surface area contributed by atoms with Gasteiger partial charge in [-0.05, 0) is 12.5 Å². The summed E-state index contributed by atoms with van der Waals surface area (Å²) in [6, 6.07) is 5.62. The molecule has 0 aliphatic rings. The van der Waals surface area contributed by atoms with Crippen molar-refractivity contribution in [3.63, 3.8) is 0 Å². The van der Waals surface area contributed by atoms with Gasteiger partial charge in [0.15, 0.2) is 0 Å². The van der Waals surface area contributed by atoms with Gasteiger partial charge in [0, 0.05) is 11.6 Å². The minimum Gasteiger partial charge on any atom is -0.495 e. The zero-order valence-corrected chi connectivity index (χ0v) is 9.86. The van der Waals surface area contributed by atoms with Crippen LogP contribution in [0, 0.1) is 0 Å². The lowest BCUT2D eigenvalue weighted by Gasteiger charge is -2.14. The normalized spacial score (nSPS) is 11.7. The van der Waals surface area contributed by atoms with Crippen molar-refractivity contribution in [2.24, 2.45) is 5.73 Å². The van der Waals surface area contributed by atoms with Crippen molar-refractivity contribution in [2.45, 2.75) is 19.4 Å². The third-order valence-corrected chi connectivity index (χ3v) is 2.34. The number of para-hydroxylation sites is 1. The highest BCUT2D eigenvalue weighted by molar-refractivity contribution is 6.32. The summed E-state index contributed by atoms with van der Waals surface area (Å²) in [6.45, 7) is 2.03. The summed E-state index contributed by atoms with van der Waals surface area (Å²) in [5, 5.41) is 0.615. The van der Waals surface area contributed by atoms with Crippen LogP contribution >= 0.6 is 24.0 Å². The van der Waals surface area contributed by atoms with Crippen molar-refractivity contribution in [1.82, 2.24) is 0 Å². The van der Waals surface area contributed by atoms with Crippen LogP contribution in [0.2, 0.25) is 5.02 Å². The molecule has 0 fully saturated rings. The Morgan fingerprint density at radius 2 is 2.14 bits per heavy atom. The van der Waals surface area contributed by atoms with Gasteiger partial charge in [0.25, 0.3) is 0 Å². The Bertz CT molecular complexity index is 291. The van der Waals surface area contributed by atoms with Crippen molar-refractivity contribution >= 4 is 24.0 Å². The third kappa shape index (κ3) is 2.77. The summed E-state index contributed by atoms with van der Waals surface area (Å²) in [5.41, 5.74) is 6.87. The van der Waals surface area contributed by atoms with Crippen LogP contribution in [0.15, 0.2) is 18.2 Å². The van der Waals surface area contributed by atoms with Gasteiger partial charge in [-0.3, -0.25) is 0 Å². The number of benzene rings is 1. The molecule has 1 aromatic carbocycles. The average Bonchev–Trinajstić information content (AvgIpc) is 2.16. The van der Waals surface area contributed by atoms with Crippen molar-refractivity contribution < 1.29 is 4.74 Å². The molecule has 1 atom stereocenters. The molecule has 1 rings (SSSR count). The molecule has 4 heteroatoms. The first-order valence-electron chi connectivity index (χ1n) is 4.28. The predicted octanol–water partition coefficient (Wildman–Crippen LogP) is 3.18. The molecular formula is C10H15Cl2NO. The van der Waals surface area contributed by atoms with E-state index in [2.05, 4.69) is 0 Å². The second kappa shape index (κ2) is 6.12. The van der Waals surface area contributed by atoms with Crippen LogP contribution in [0.25, 0.3) is 0 Å². The Balaban J connectivity index is 0.00000169. The molecule has 14 heavy (non-hydrogen) atoms. The zero-order chi connectivity index (χ0) is 9.84. The van der Waals surface area contributed by atoms with Gasteiger partial charge in [0.05, 0.1) is 12.1 Å². The molecule has 0 aromatic heterocycles. The Morgan fingerprint density at radius 3 is 2.64 bits per heavy atom. The highest BCUT2D eigenvalue weighted by Gasteiger charge is 2.12. The molecule has 0 saturated heterocycles. The molecule has 0 radical (unpaired) electrons. The quantitative estimate of drug-likeness (QED) is 0.874. The summed E-state index contributed by atoms with van der Waals surface area (Å²) >= 11 is 5.95. The topological polar surface area (TPSA) is 35.2 Å². The molecule has 2 nitrogen and oxygen atoms in total. The van der Waals surface area contributed by atoms with Gasteiger partial charge >= 0.3 is 0 Å². The number of halogens is 2. The van der Waals surface area contributed by atoms with Gasteiger partial charge in [0.2, 0.25) is 0 Å². The number of hydrogen-bond acceptors (Lipinski definition) is 2. The van der Waals surface area contributed by atoms with Gasteiger partial charge < -0.3 is 10.5 Å². The molecule has 0 spiro atoms. The summed E-state index contributed by atoms with van der Waals surface area (Å²) < 4.78 is 5.19. The number of ether oxygens (including phenoxy) is 1. The lowest BCUT2D eigenvalue weighted by atomic mass is 10.0. The Hall–Kier alpha value is -0.440. The highest BCUT2D eigenvalue weighted by Crippen LogP contribution is 2.32. The van der Waals surface area contributed by atoms with Gasteiger partial charge in [-0.2, -0.15) is 0 Å². The van der Waals surface area contributed by atoms with Gasteiger partial charge in [-0.25, -0.2) is 0 Å². The van der Waals surface area contributed by atoms with Crippen LogP contribution in [0.5, 0.6) is 5.75 Å². The first-order chi connectivity index (χ1) is 6.20. The van der Waals surface area contributed by atoms with E-state index in [1.165, 1.54) is 0 Å². The number of rotatable bonds is 3. The maximum absolute atomic E-state index is 5.95. The van der Waals surface area contributed by atoms with Crippen LogP contribution in [0.1, 0.15) is 24.9 Å². The fraction of sp³-hybridized carbons (Fsp3) is 0.400. The molecule has 80 valence electrons. The second-order valence-electron chi connectivity index (χ2n) is 2.88. The van der Waals surface area contributed by atoms with Gasteiger partial charge in [0.1, 0.15) is 5.75 Å². The number of nitrogens with two attached hydrogens (primary N) is 1. The summed E-state index contributed by atoms with van der Waals surface area (Å²) in [7, 11) is 1.60. The minimum absolute atomic E-state index is 0. The molecule has 0 aliphatic heterocycles. The van der Waals surface area contributed by atoms with E-state index in [-0.39, 0.29) is 18.4 Å². The van der Waals surface area contributed by atoms with E-state index in [0.717, 1.165) is 12.0 Å². The van der Waals surface area contributed by atoms with Crippen LogP contribution in [0.4, 0.5) is 0 Å². The molecule has 1 unspecified atom stereocenters. The maximum Gasteiger partial charge on any atom is 0.142 e. The van der Waals surface area contributed by atoms with E-state index >= 15 is 0 Å². The Kier molecular flexibility index (Phi) is 5.93. The summed E-state index contributed by atoms with van der Waals surface area (Å²) in [5.74, 6) is 0.693. The smallest absolute Gasteiger partial charge is 0.142 e. The van der Waals surface area contributed by atoms with E-state index < -0.39 is 0 Å². The second-order valence-corrected chi connectivity index (χ2v) is 3.28. The maximum atomic E-state index is 5.95. The van der Waals surface area contributed by atoms with Gasteiger partial charge in [-0.1, -0.05) is 30.7 Å². The van der Waals surface area contributed by atoms with Gasteiger partial charge in [-0.15, -0.1) is 12.4 Å². The number of methoxy groups -OCH3 is 1. The molecule has 0 bridgehead atoms. The van der Waals surface area contributed by atoms with Crippen LogP contribution < -0.4 is 10.5 Å². The zero-order valence-electron chi connectivity index (χ0n) is 8.29. The van der Waals surface area contributed by atoms with E-state index in [1.54, 1.807) is 13.2 Å². The fourth-order valence-electron chi connectivity index (χ4n) is 1.25. The largest absolute Gasteiger partial charge is 0.495 e. The minimum atomic E-state index is -0.00588. The van der Waals surface area contributed by atoms with E-state index in [9.17, 15) is 0 Å². The Morgan fingerprint density at radius 1 is 1.50 bits per heavy atom. The van der Waals surface area contributed by atoms with Crippen LogP contribution in [0.3, 0.4) is 0 Å². The monoisotopic (exact) mass is 235 g/mol. The van der Waals surface area contributed by atoms with Crippen LogP contribution in [-0.2, 0) is 0 Å². The standard InChI is InChI=1S/C10H14ClNO.ClH/c1-3-9(12)7-5-4-6-8(11)10(7)13-2;/h4-6,9H,3,12H2,1-2H3;1H. The van der Waals surface area contributed by atoms with E-state index in [0.29, 0.717) is 10.8 Å². The van der Waals surface area contributed by atoms with Crippen LogP contribution in [-0.4, -0.2) is 7.11 Å². The average molecular weight is 236 g/mol. The molecular weight excluding hydrogens is 221 g/mol. The molecule has 1 aromatic rings. The highest BCUT2D eigenvalue weighted by atomic mass is 35.5. The van der Waals surface area contributed by atoms with Crippen molar-refractivity contribution in [2.75, 3.05) is 7.11 Å². The molecule has 2 N–H and O–H groups in total. The first kappa shape index (κ1) is 13.6.